The molecule has 0 bridgehead atoms. The van der Waals surface area contributed by atoms with Crippen molar-refractivity contribution in [3.63, 3.8) is 0 Å². The number of fused-ring (bicyclic) bond motifs is 2. The van der Waals surface area contributed by atoms with E-state index in [1.807, 2.05) is 6.20 Å². The first-order valence-corrected chi connectivity index (χ1v) is 9.61. The smallest absolute Gasteiger partial charge is 0.0540 e. The van der Waals surface area contributed by atoms with Crippen molar-refractivity contribution in [2.45, 2.75) is 32.7 Å². The Morgan fingerprint density at radius 2 is 2.08 bits per heavy atom. The molecule has 4 rings (SSSR count). The molecule has 1 aromatic rings. The van der Waals surface area contributed by atoms with Gasteiger partial charge in [0.2, 0.25) is 0 Å². The fraction of sp³-hybridized carbons (Fsp3) is 0.737. The Morgan fingerprint density at radius 3 is 2.96 bits per heavy atom. The summed E-state index contributed by atoms with van der Waals surface area (Å²) >= 11 is 0. The lowest BCUT2D eigenvalue weighted by Gasteiger charge is -2.34. The third-order valence-corrected chi connectivity index (χ3v) is 6.15. The molecular formula is C19H31N5. The third kappa shape index (κ3) is 3.24. The molecule has 5 nitrogen and oxygen atoms in total. The predicted molar refractivity (Wildman–Crippen MR) is 96.6 cm³/mol. The summed E-state index contributed by atoms with van der Waals surface area (Å²) in [6.45, 7) is 16.2. The number of H-pyrrole nitrogens is 1. The Labute approximate surface area is 145 Å². The number of hydrogen-bond acceptors (Lipinski definition) is 4. The van der Waals surface area contributed by atoms with Crippen molar-refractivity contribution in [1.29, 1.82) is 0 Å². The molecule has 3 aliphatic heterocycles. The maximum absolute atomic E-state index is 4.40. The van der Waals surface area contributed by atoms with Crippen molar-refractivity contribution in [2.24, 2.45) is 11.8 Å². The van der Waals surface area contributed by atoms with Gasteiger partial charge in [0.25, 0.3) is 0 Å². The van der Waals surface area contributed by atoms with Crippen molar-refractivity contribution < 1.29 is 0 Å². The summed E-state index contributed by atoms with van der Waals surface area (Å²) in [7, 11) is 0. The van der Waals surface area contributed by atoms with Crippen LogP contribution in [0.15, 0.2) is 18.5 Å². The van der Waals surface area contributed by atoms with Gasteiger partial charge >= 0.3 is 0 Å². The van der Waals surface area contributed by atoms with Gasteiger partial charge in [0.1, 0.15) is 0 Å². The minimum atomic E-state index is 0.875. The number of aromatic amines is 1. The number of piperidine rings is 1. The Kier molecular flexibility index (Phi) is 4.63. The molecule has 0 spiro atoms. The van der Waals surface area contributed by atoms with Crippen LogP contribution in [0.3, 0.4) is 0 Å². The van der Waals surface area contributed by atoms with Crippen molar-refractivity contribution in [2.75, 3.05) is 45.8 Å². The SMILES string of the molecule is C=C(CN1CC2CCN(CCC)CC2C1)N1CCc2[nH]ncc2C1. The molecule has 0 amide bonds. The fourth-order valence-corrected chi connectivity index (χ4v) is 4.84. The normalized spacial score (nSPS) is 28.0. The zero-order chi connectivity index (χ0) is 16.5. The van der Waals surface area contributed by atoms with Gasteiger partial charge < -0.3 is 9.80 Å². The van der Waals surface area contributed by atoms with E-state index in [0.717, 1.165) is 37.9 Å². The Hall–Kier alpha value is -1.33. The van der Waals surface area contributed by atoms with Gasteiger partial charge in [-0.3, -0.25) is 10.00 Å². The van der Waals surface area contributed by atoms with Gasteiger partial charge in [-0.15, -0.1) is 0 Å². The van der Waals surface area contributed by atoms with E-state index in [1.54, 1.807) is 0 Å². The predicted octanol–water partition coefficient (Wildman–Crippen LogP) is 1.95. The first-order chi connectivity index (χ1) is 11.7. The van der Waals surface area contributed by atoms with Crippen LogP contribution in [0.1, 0.15) is 31.0 Å². The van der Waals surface area contributed by atoms with E-state index >= 15 is 0 Å². The molecule has 2 atom stereocenters. The topological polar surface area (TPSA) is 38.4 Å². The van der Waals surface area contributed by atoms with Crippen molar-refractivity contribution in [3.05, 3.63) is 29.7 Å². The first kappa shape index (κ1) is 16.2. The average Bonchev–Trinajstić information content (AvgIpc) is 3.19. The molecule has 4 heterocycles. The second-order valence-corrected chi connectivity index (χ2v) is 7.92. The molecule has 0 saturated carbocycles. The molecule has 0 aromatic carbocycles. The highest BCUT2D eigenvalue weighted by Gasteiger charge is 2.37. The van der Waals surface area contributed by atoms with Crippen LogP contribution >= 0.6 is 0 Å². The molecule has 0 aliphatic carbocycles. The maximum atomic E-state index is 4.40. The van der Waals surface area contributed by atoms with Crippen LogP contribution in [0.4, 0.5) is 0 Å². The van der Waals surface area contributed by atoms with E-state index in [1.165, 1.54) is 62.5 Å². The minimum Gasteiger partial charge on any atom is -0.369 e. The van der Waals surface area contributed by atoms with Gasteiger partial charge in [0.15, 0.2) is 0 Å². The second kappa shape index (κ2) is 6.89. The van der Waals surface area contributed by atoms with Gasteiger partial charge in [0, 0.05) is 62.6 Å². The average molecular weight is 329 g/mol. The lowest BCUT2D eigenvalue weighted by atomic mass is 9.89. The minimum absolute atomic E-state index is 0.875. The molecular weight excluding hydrogens is 298 g/mol. The summed E-state index contributed by atoms with van der Waals surface area (Å²) in [6.07, 6.45) is 5.70. The highest BCUT2D eigenvalue weighted by atomic mass is 15.2. The molecule has 2 fully saturated rings. The summed E-state index contributed by atoms with van der Waals surface area (Å²) in [4.78, 5) is 7.77. The number of nitrogens with zero attached hydrogens (tertiary/aromatic N) is 4. The Bertz CT molecular complexity index is 580. The van der Waals surface area contributed by atoms with E-state index in [0.29, 0.717) is 0 Å². The largest absolute Gasteiger partial charge is 0.369 e. The van der Waals surface area contributed by atoms with Crippen LogP contribution in [-0.2, 0) is 13.0 Å². The van der Waals surface area contributed by atoms with Crippen molar-refractivity contribution in [3.8, 4) is 0 Å². The van der Waals surface area contributed by atoms with E-state index in [-0.39, 0.29) is 0 Å². The second-order valence-electron chi connectivity index (χ2n) is 7.92. The van der Waals surface area contributed by atoms with Crippen LogP contribution in [0.25, 0.3) is 0 Å². The van der Waals surface area contributed by atoms with Crippen molar-refractivity contribution in [1.82, 2.24) is 24.9 Å². The van der Waals surface area contributed by atoms with Crippen LogP contribution < -0.4 is 0 Å². The molecule has 1 N–H and O–H groups in total. The number of nitrogens with one attached hydrogen (secondary N) is 1. The first-order valence-electron chi connectivity index (χ1n) is 9.61. The van der Waals surface area contributed by atoms with Gasteiger partial charge in [0.05, 0.1) is 6.20 Å². The highest BCUT2D eigenvalue weighted by Crippen LogP contribution is 2.32. The zero-order valence-electron chi connectivity index (χ0n) is 15.0. The Balaban J connectivity index is 1.30. The fourth-order valence-electron chi connectivity index (χ4n) is 4.84. The monoisotopic (exact) mass is 329 g/mol. The van der Waals surface area contributed by atoms with E-state index in [4.69, 9.17) is 0 Å². The molecule has 132 valence electrons. The van der Waals surface area contributed by atoms with Gasteiger partial charge in [-0.25, -0.2) is 0 Å². The zero-order valence-corrected chi connectivity index (χ0v) is 15.0. The maximum Gasteiger partial charge on any atom is 0.0540 e. The van der Waals surface area contributed by atoms with Gasteiger partial charge in [-0.1, -0.05) is 13.5 Å². The van der Waals surface area contributed by atoms with E-state index in [9.17, 15) is 0 Å². The lowest BCUT2D eigenvalue weighted by Crippen LogP contribution is -2.40. The van der Waals surface area contributed by atoms with Gasteiger partial charge in [-0.2, -0.15) is 5.10 Å². The van der Waals surface area contributed by atoms with Crippen LogP contribution in [0.2, 0.25) is 0 Å². The number of hydrogen-bond donors (Lipinski definition) is 1. The molecule has 3 aliphatic rings. The number of likely N-dealkylation sites (tertiary alicyclic amines) is 2. The van der Waals surface area contributed by atoms with E-state index in [2.05, 4.69) is 38.4 Å². The van der Waals surface area contributed by atoms with Crippen molar-refractivity contribution >= 4 is 0 Å². The summed E-state index contributed by atoms with van der Waals surface area (Å²) in [6, 6.07) is 0. The molecule has 2 unspecified atom stereocenters. The molecule has 1 aromatic heterocycles. The molecule has 24 heavy (non-hydrogen) atoms. The summed E-state index contributed by atoms with van der Waals surface area (Å²) < 4.78 is 0. The highest BCUT2D eigenvalue weighted by molar-refractivity contribution is 5.21. The summed E-state index contributed by atoms with van der Waals surface area (Å²) in [5.41, 5.74) is 3.93. The number of rotatable bonds is 5. The Morgan fingerprint density at radius 1 is 1.25 bits per heavy atom. The van der Waals surface area contributed by atoms with Crippen LogP contribution in [0.5, 0.6) is 0 Å². The molecule has 5 heteroatoms. The molecule has 0 radical (unpaired) electrons. The lowest BCUT2D eigenvalue weighted by molar-refractivity contribution is 0.149. The summed E-state index contributed by atoms with van der Waals surface area (Å²) in [5, 5.41) is 7.29. The van der Waals surface area contributed by atoms with Crippen LogP contribution in [0, 0.1) is 11.8 Å². The third-order valence-electron chi connectivity index (χ3n) is 6.15. The number of aromatic nitrogens is 2. The summed E-state index contributed by atoms with van der Waals surface area (Å²) in [5.74, 6) is 1.78. The molecule has 2 saturated heterocycles. The van der Waals surface area contributed by atoms with E-state index < -0.39 is 0 Å². The standard InChI is InChI=1S/C19H31N5/c1-3-6-22-7-4-16-11-23(13-18(16)12-22)10-15(2)24-8-5-19-17(14-24)9-20-21-19/h9,16,18H,2-8,10-14H2,1H3,(H,20,21). The quantitative estimate of drug-likeness (QED) is 0.896. The van der Waals surface area contributed by atoms with Gasteiger partial charge in [-0.05, 0) is 37.8 Å². The van der Waals surface area contributed by atoms with Crippen LogP contribution in [-0.4, -0.2) is 70.7 Å².